The van der Waals surface area contributed by atoms with Crippen LogP contribution in [0.4, 0.5) is 5.69 Å². The predicted octanol–water partition coefficient (Wildman–Crippen LogP) is 5.41. The molecule has 0 atom stereocenters. The fourth-order valence-electron chi connectivity index (χ4n) is 3.33. The number of carbonyl (C=O) groups excluding carboxylic acids is 2. The molecule has 1 aromatic heterocycles. The Kier molecular flexibility index (Phi) is 7.72. The highest BCUT2D eigenvalue weighted by Gasteiger charge is 2.17. The van der Waals surface area contributed by atoms with Crippen LogP contribution in [0, 0.1) is 0 Å². The largest absolute Gasteiger partial charge is 0.341 e. The molecule has 160 valence electrons. The third kappa shape index (κ3) is 6.15. The van der Waals surface area contributed by atoms with E-state index in [-0.39, 0.29) is 11.8 Å². The third-order valence-corrected chi connectivity index (χ3v) is 8.14. The van der Waals surface area contributed by atoms with Crippen LogP contribution >= 0.6 is 34.9 Å². The average Bonchev–Trinajstić information content (AvgIpc) is 3.33. The van der Waals surface area contributed by atoms with Gasteiger partial charge in [0, 0.05) is 45.8 Å². The molecule has 31 heavy (non-hydrogen) atoms. The van der Waals surface area contributed by atoms with E-state index in [4.69, 9.17) is 0 Å². The number of thioether (sulfide) groups is 2. The van der Waals surface area contributed by atoms with Crippen LogP contribution in [-0.4, -0.2) is 41.3 Å². The van der Waals surface area contributed by atoms with Gasteiger partial charge in [-0.2, -0.15) is 11.8 Å². The molecule has 4 rings (SSSR count). The number of thiophene rings is 1. The molecule has 2 aromatic carbocycles. The molecule has 0 radical (unpaired) electrons. The molecule has 0 bridgehead atoms. The van der Waals surface area contributed by atoms with E-state index >= 15 is 0 Å². The van der Waals surface area contributed by atoms with Crippen molar-refractivity contribution in [3.63, 3.8) is 0 Å². The maximum atomic E-state index is 12.9. The standard InChI is InChI=1S/C24H24N2O2S3/c27-23(26-11-14-29-15-12-26)16-18-7-9-19(10-8-18)25-24(28)21-5-1-2-6-22(21)31-17-20-4-3-13-30-20/h1-10,13H,11-12,14-17H2,(H,25,28). The van der Waals surface area contributed by atoms with E-state index in [1.165, 1.54) is 4.88 Å². The van der Waals surface area contributed by atoms with Crippen LogP contribution in [0.5, 0.6) is 0 Å². The first-order valence-corrected chi connectivity index (χ1v) is 13.2. The van der Waals surface area contributed by atoms with E-state index < -0.39 is 0 Å². The lowest BCUT2D eigenvalue weighted by molar-refractivity contribution is -0.130. The predicted molar refractivity (Wildman–Crippen MR) is 132 cm³/mol. The number of carbonyl (C=O) groups is 2. The van der Waals surface area contributed by atoms with E-state index in [0.717, 1.165) is 46.5 Å². The van der Waals surface area contributed by atoms with E-state index in [0.29, 0.717) is 12.0 Å². The first-order valence-electron chi connectivity index (χ1n) is 10.2. The van der Waals surface area contributed by atoms with Crippen molar-refractivity contribution < 1.29 is 9.59 Å². The summed E-state index contributed by atoms with van der Waals surface area (Å²) >= 11 is 5.29. The summed E-state index contributed by atoms with van der Waals surface area (Å²) < 4.78 is 0. The molecule has 3 aromatic rings. The van der Waals surface area contributed by atoms with E-state index in [1.807, 2.05) is 71.3 Å². The lowest BCUT2D eigenvalue weighted by Gasteiger charge is -2.26. The topological polar surface area (TPSA) is 49.4 Å². The van der Waals surface area contributed by atoms with Crippen molar-refractivity contribution in [2.75, 3.05) is 29.9 Å². The molecule has 0 unspecified atom stereocenters. The highest BCUT2D eigenvalue weighted by molar-refractivity contribution is 7.99. The molecule has 0 spiro atoms. The summed E-state index contributed by atoms with van der Waals surface area (Å²) in [7, 11) is 0. The van der Waals surface area contributed by atoms with Gasteiger partial charge in [0.2, 0.25) is 5.91 Å². The molecule has 1 saturated heterocycles. The molecule has 1 fully saturated rings. The molecule has 2 heterocycles. The number of rotatable bonds is 7. The Morgan fingerprint density at radius 2 is 1.74 bits per heavy atom. The van der Waals surface area contributed by atoms with Gasteiger partial charge < -0.3 is 10.2 Å². The Morgan fingerprint density at radius 1 is 0.968 bits per heavy atom. The van der Waals surface area contributed by atoms with Crippen LogP contribution in [0.3, 0.4) is 0 Å². The summed E-state index contributed by atoms with van der Waals surface area (Å²) in [5.74, 6) is 2.94. The van der Waals surface area contributed by atoms with Gasteiger partial charge in [-0.05, 0) is 41.3 Å². The van der Waals surface area contributed by atoms with E-state index in [9.17, 15) is 9.59 Å². The fraction of sp³-hybridized carbons (Fsp3) is 0.250. The summed E-state index contributed by atoms with van der Waals surface area (Å²) in [6, 6.07) is 19.4. The van der Waals surface area contributed by atoms with Crippen molar-refractivity contribution in [3.8, 4) is 0 Å². The summed E-state index contributed by atoms with van der Waals surface area (Å²) in [5, 5.41) is 5.05. The van der Waals surface area contributed by atoms with E-state index in [1.54, 1.807) is 23.1 Å². The number of benzene rings is 2. The third-order valence-electron chi connectivity index (χ3n) is 5.01. The van der Waals surface area contributed by atoms with Gasteiger partial charge in [0.15, 0.2) is 0 Å². The average molecular weight is 469 g/mol. The van der Waals surface area contributed by atoms with Gasteiger partial charge in [-0.3, -0.25) is 9.59 Å². The Hall–Kier alpha value is -2.22. The number of nitrogens with zero attached hydrogens (tertiary/aromatic N) is 1. The second-order valence-electron chi connectivity index (χ2n) is 7.19. The van der Waals surface area contributed by atoms with Crippen LogP contribution in [0.2, 0.25) is 0 Å². The first kappa shape index (κ1) is 22.0. The molecule has 7 heteroatoms. The zero-order chi connectivity index (χ0) is 21.5. The molecule has 4 nitrogen and oxygen atoms in total. The van der Waals surface area contributed by atoms with Crippen LogP contribution in [-0.2, 0) is 17.0 Å². The van der Waals surface area contributed by atoms with Crippen LogP contribution in [0.15, 0.2) is 70.9 Å². The summed E-state index contributed by atoms with van der Waals surface area (Å²) in [6.45, 7) is 1.67. The summed E-state index contributed by atoms with van der Waals surface area (Å²) in [6.07, 6.45) is 0.404. The van der Waals surface area contributed by atoms with Crippen LogP contribution < -0.4 is 5.32 Å². The van der Waals surface area contributed by atoms with Gasteiger partial charge in [0.25, 0.3) is 5.91 Å². The highest BCUT2D eigenvalue weighted by Crippen LogP contribution is 2.28. The monoisotopic (exact) mass is 468 g/mol. The minimum atomic E-state index is -0.121. The molecule has 1 N–H and O–H groups in total. The number of anilines is 1. The minimum absolute atomic E-state index is 0.121. The Morgan fingerprint density at radius 3 is 2.48 bits per heavy atom. The smallest absolute Gasteiger partial charge is 0.256 e. The minimum Gasteiger partial charge on any atom is -0.341 e. The van der Waals surface area contributed by atoms with E-state index in [2.05, 4.69) is 16.8 Å². The highest BCUT2D eigenvalue weighted by atomic mass is 32.2. The van der Waals surface area contributed by atoms with Gasteiger partial charge in [-0.25, -0.2) is 0 Å². The Labute approximate surface area is 195 Å². The molecular weight excluding hydrogens is 444 g/mol. The molecule has 2 amide bonds. The molecule has 0 aliphatic carbocycles. The van der Waals surface area contributed by atoms with Crippen LogP contribution in [0.25, 0.3) is 0 Å². The maximum absolute atomic E-state index is 12.9. The molecule has 1 aliphatic rings. The van der Waals surface area contributed by atoms with Crippen molar-refractivity contribution >= 4 is 52.4 Å². The quantitative estimate of drug-likeness (QED) is 0.471. The second kappa shape index (κ2) is 10.9. The molecule has 1 aliphatic heterocycles. The summed E-state index contributed by atoms with van der Waals surface area (Å²) in [5.41, 5.74) is 2.37. The lowest BCUT2D eigenvalue weighted by Crippen LogP contribution is -2.38. The normalized spacial score (nSPS) is 13.7. The second-order valence-corrected chi connectivity index (χ2v) is 10.5. The van der Waals surface area contributed by atoms with Crippen molar-refractivity contribution in [2.24, 2.45) is 0 Å². The van der Waals surface area contributed by atoms with Crippen LogP contribution in [0.1, 0.15) is 20.8 Å². The first-order chi connectivity index (χ1) is 15.2. The zero-order valence-corrected chi connectivity index (χ0v) is 19.5. The number of hydrogen-bond acceptors (Lipinski definition) is 5. The zero-order valence-electron chi connectivity index (χ0n) is 17.1. The fourth-order valence-corrected chi connectivity index (χ4v) is 6.05. The van der Waals surface area contributed by atoms with Crippen molar-refractivity contribution in [1.29, 1.82) is 0 Å². The van der Waals surface area contributed by atoms with Gasteiger partial charge in [-0.1, -0.05) is 30.3 Å². The SMILES string of the molecule is O=C(Nc1ccc(CC(=O)N2CCSCC2)cc1)c1ccccc1SCc1cccs1. The van der Waals surface area contributed by atoms with Crippen molar-refractivity contribution in [1.82, 2.24) is 4.90 Å². The van der Waals surface area contributed by atoms with Gasteiger partial charge in [0.1, 0.15) is 0 Å². The molecular formula is C24H24N2O2S3. The van der Waals surface area contributed by atoms with Gasteiger partial charge >= 0.3 is 0 Å². The van der Waals surface area contributed by atoms with Gasteiger partial charge in [-0.15, -0.1) is 23.1 Å². The number of amides is 2. The summed E-state index contributed by atoms with van der Waals surface area (Å²) in [4.78, 5) is 29.5. The Balaban J connectivity index is 1.36. The van der Waals surface area contributed by atoms with Crippen molar-refractivity contribution in [2.45, 2.75) is 17.1 Å². The lowest BCUT2D eigenvalue weighted by atomic mass is 10.1. The maximum Gasteiger partial charge on any atom is 0.256 e. The number of hydrogen-bond donors (Lipinski definition) is 1. The number of nitrogens with one attached hydrogen (secondary N) is 1. The Bertz CT molecular complexity index is 1010. The van der Waals surface area contributed by atoms with Gasteiger partial charge in [0.05, 0.1) is 12.0 Å². The van der Waals surface area contributed by atoms with Crippen molar-refractivity contribution in [3.05, 3.63) is 82.0 Å². The molecule has 0 saturated carbocycles.